The lowest BCUT2D eigenvalue weighted by atomic mass is 10.1. The molecule has 1 aliphatic rings. The quantitative estimate of drug-likeness (QED) is 0.846. The Morgan fingerprint density at radius 1 is 1.44 bits per heavy atom. The summed E-state index contributed by atoms with van der Waals surface area (Å²) in [4.78, 5) is 24.6. The number of carboxylic acid groups (broad SMARTS) is 1. The third kappa shape index (κ3) is 2.51. The third-order valence-corrected chi connectivity index (χ3v) is 3.12. The number of benzene rings is 1. The molecular weight excluding hydrogens is 232 g/mol. The molecule has 1 heterocycles. The molecule has 18 heavy (non-hydrogen) atoms. The summed E-state index contributed by atoms with van der Waals surface area (Å²) in [6, 6.07) is 6.85. The molecule has 96 valence electrons. The second-order valence-electron chi connectivity index (χ2n) is 4.37. The van der Waals surface area contributed by atoms with Gasteiger partial charge in [-0.1, -0.05) is 25.1 Å². The van der Waals surface area contributed by atoms with Crippen LogP contribution in [0.2, 0.25) is 0 Å². The van der Waals surface area contributed by atoms with Crippen LogP contribution in [0.25, 0.3) is 0 Å². The molecule has 2 rings (SSSR count). The predicted octanol–water partition coefficient (Wildman–Crippen LogP) is 1.30. The van der Waals surface area contributed by atoms with E-state index in [0.29, 0.717) is 13.0 Å². The predicted molar refractivity (Wildman–Crippen MR) is 67.2 cm³/mol. The van der Waals surface area contributed by atoms with E-state index in [4.69, 9.17) is 0 Å². The highest BCUT2D eigenvalue weighted by molar-refractivity contribution is 5.94. The van der Waals surface area contributed by atoms with Crippen molar-refractivity contribution in [1.82, 2.24) is 4.90 Å². The van der Waals surface area contributed by atoms with Crippen LogP contribution in [0.4, 0.5) is 5.69 Å². The lowest BCUT2D eigenvalue weighted by Crippen LogP contribution is -2.43. The molecule has 0 fully saturated rings. The van der Waals surface area contributed by atoms with Crippen LogP contribution in [0.1, 0.15) is 18.9 Å². The summed E-state index contributed by atoms with van der Waals surface area (Å²) in [5.41, 5.74) is 1.72. The van der Waals surface area contributed by atoms with Crippen LogP contribution < -0.4 is 5.32 Å². The lowest BCUT2D eigenvalue weighted by molar-refractivity contribution is -0.144. The Morgan fingerprint density at radius 2 is 2.17 bits per heavy atom. The van der Waals surface area contributed by atoms with Gasteiger partial charge in [0.25, 0.3) is 0 Å². The maximum absolute atomic E-state index is 11.8. The first-order valence-corrected chi connectivity index (χ1v) is 5.96. The van der Waals surface area contributed by atoms with Crippen LogP contribution in [-0.2, 0) is 16.1 Å². The van der Waals surface area contributed by atoms with Gasteiger partial charge in [-0.25, -0.2) is 0 Å². The van der Waals surface area contributed by atoms with E-state index >= 15 is 0 Å². The monoisotopic (exact) mass is 248 g/mol. The van der Waals surface area contributed by atoms with Gasteiger partial charge in [-0.3, -0.25) is 14.5 Å². The van der Waals surface area contributed by atoms with E-state index in [1.54, 1.807) is 4.90 Å². The van der Waals surface area contributed by atoms with Crippen molar-refractivity contribution in [3.63, 3.8) is 0 Å². The number of para-hydroxylation sites is 1. The fourth-order valence-electron chi connectivity index (χ4n) is 2.24. The third-order valence-electron chi connectivity index (χ3n) is 3.12. The molecule has 0 aromatic heterocycles. The van der Waals surface area contributed by atoms with E-state index in [1.807, 2.05) is 31.2 Å². The number of aliphatic carboxylic acids is 1. The van der Waals surface area contributed by atoms with Gasteiger partial charge in [0.1, 0.15) is 6.04 Å². The summed E-state index contributed by atoms with van der Waals surface area (Å²) in [5.74, 6) is -1.05. The largest absolute Gasteiger partial charge is 0.480 e. The number of rotatable bonds is 3. The molecule has 0 radical (unpaired) electrons. The highest BCUT2D eigenvalue weighted by Crippen LogP contribution is 2.22. The summed E-state index contributed by atoms with van der Waals surface area (Å²) in [6.45, 7) is 2.40. The van der Waals surface area contributed by atoms with Gasteiger partial charge in [0.15, 0.2) is 0 Å². The molecule has 0 aliphatic carbocycles. The summed E-state index contributed by atoms with van der Waals surface area (Å²) < 4.78 is 0. The standard InChI is InChI=1S/C13H16N2O3/c1-2-11(13(17)18)15-7-9-5-3-4-6-10(9)14-12(16)8-15/h3-6,11H,2,7-8H2,1H3,(H,14,16)(H,17,18). The number of fused-ring (bicyclic) bond motifs is 1. The molecule has 1 atom stereocenters. The van der Waals surface area contributed by atoms with Crippen LogP contribution in [0.3, 0.4) is 0 Å². The number of nitrogens with one attached hydrogen (secondary N) is 1. The van der Waals surface area contributed by atoms with E-state index < -0.39 is 12.0 Å². The van der Waals surface area contributed by atoms with Crippen molar-refractivity contribution in [2.24, 2.45) is 0 Å². The fourth-order valence-corrected chi connectivity index (χ4v) is 2.24. The van der Waals surface area contributed by atoms with Gasteiger partial charge in [0, 0.05) is 12.2 Å². The molecular formula is C13H16N2O3. The summed E-state index contributed by atoms with van der Waals surface area (Å²) in [5, 5.41) is 12.0. The Kier molecular flexibility index (Phi) is 3.62. The van der Waals surface area contributed by atoms with Gasteiger partial charge in [-0.05, 0) is 18.1 Å². The molecule has 5 nitrogen and oxygen atoms in total. The van der Waals surface area contributed by atoms with Crippen LogP contribution in [0, 0.1) is 0 Å². The minimum absolute atomic E-state index is 0.111. The first-order valence-electron chi connectivity index (χ1n) is 5.96. The number of carbonyl (C=O) groups is 2. The Hall–Kier alpha value is -1.88. The van der Waals surface area contributed by atoms with Crippen molar-refractivity contribution in [2.45, 2.75) is 25.9 Å². The number of carbonyl (C=O) groups excluding carboxylic acids is 1. The van der Waals surface area contributed by atoms with Gasteiger partial charge in [0.05, 0.1) is 6.54 Å². The van der Waals surface area contributed by atoms with E-state index in [-0.39, 0.29) is 12.5 Å². The van der Waals surface area contributed by atoms with E-state index in [1.165, 1.54) is 0 Å². The molecule has 1 aromatic carbocycles. The van der Waals surface area contributed by atoms with E-state index in [2.05, 4.69) is 5.32 Å². The highest BCUT2D eigenvalue weighted by atomic mass is 16.4. The van der Waals surface area contributed by atoms with Crippen LogP contribution in [0.15, 0.2) is 24.3 Å². The summed E-state index contributed by atoms with van der Waals surface area (Å²) in [7, 11) is 0. The number of carboxylic acids is 1. The Balaban J connectivity index is 2.30. The Labute approximate surface area is 105 Å². The second kappa shape index (κ2) is 5.18. The minimum atomic E-state index is -0.885. The lowest BCUT2D eigenvalue weighted by Gasteiger charge is -2.25. The molecule has 0 bridgehead atoms. The highest BCUT2D eigenvalue weighted by Gasteiger charge is 2.28. The molecule has 1 aliphatic heterocycles. The smallest absolute Gasteiger partial charge is 0.320 e. The van der Waals surface area contributed by atoms with Gasteiger partial charge in [0.2, 0.25) is 5.91 Å². The molecule has 1 aromatic rings. The zero-order chi connectivity index (χ0) is 13.1. The molecule has 0 saturated carbocycles. The van der Waals surface area contributed by atoms with Crippen LogP contribution in [0.5, 0.6) is 0 Å². The van der Waals surface area contributed by atoms with E-state index in [9.17, 15) is 14.7 Å². The molecule has 1 amide bonds. The zero-order valence-electron chi connectivity index (χ0n) is 10.2. The molecule has 0 saturated heterocycles. The van der Waals surface area contributed by atoms with Crippen LogP contribution in [-0.4, -0.2) is 34.5 Å². The fraction of sp³-hybridized carbons (Fsp3) is 0.385. The second-order valence-corrected chi connectivity index (χ2v) is 4.37. The molecule has 5 heteroatoms. The molecule has 0 spiro atoms. The Morgan fingerprint density at radius 3 is 2.83 bits per heavy atom. The van der Waals surface area contributed by atoms with Crippen molar-refractivity contribution >= 4 is 17.6 Å². The number of anilines is 1. The Bertz CT molecular complexity index is 473. The topological polar surface area (TPSA) is 69.6 Å². The molecule has 1 unspecified atom stereocenters. The zero-order valence-corrected chi connectivity index (χ0v) is 10.2. The van der Waals surface area contributed by atoms with Crippen molar-refractivity contribution in [3.8, 4) is 0 Å². The number of amides is 1. The number of nitrogens with zero attached hydrogens (tertiary/aromatic N) is 1. The number of hydrogen-bond donors (Lipinski definition) is 2. The van der Waals surface area contributed by atoms with Gasteiger partial charge in [-0.2, -0.15) is 0 Å². The van der Waals surface area contributed by atoms with Crippen molar-refractivity contribution < 1.29 is 14.7 Å². The first kappa shape index (κ1) is 12.6. The summed E-state index contributed by atoms with van der Waals surface area (Å²) >= 11 is 0. The molecule has 2 N–H and O–H groups in total. The SMILES string of the molecule is CCC(C(=O)O)N1CC(=O)Nc2ccccc2C1. The number of hydrogen-bond acceptors (Lipinski definition) is 3. The van der Waals surface area contributed by atoms with E-state index in [0.717, 1.165) is 11.3 Å². The normalized spacial score (nSPS) is 17.5. The van der Waals surface area contributed by atoms with Crippen LogP contribution >= 0.6 is 0 Å². The first-order chi connectivity index (χ1) is 8.61. The average molecular weight is 248 g/mol. The minimum Gasteiger partial charge on any atom is -0.480 e. The van der Waals surface area contributed by atoms with Gasteiger partial charge in [-0.15, -0.1) is 0 Å². The summed E-state index contributed by atoms with van der Waals surface area (Å²) in [6.07, 6.45) is 0.477. The average Bonchev–Trinajstić information content (AvgIpc) is 2.47. The van der Waals surface area contributed by atoms with Crippen molar-refractivity contribution in [3.05, 3.63) is 29.8 Å². The van der Waals surface area contributed by atoms with Crippen molar-refractivity contribution in [2.75, 3.05) is 11.9 Å². The maximum Gasteiger partial charge on any atom is 0.320 e. The van der Waals surface area contributed by atoms with Gasteiger partial charge < -0.3 is 10.4 Å². The maximum atomic E-state index is 11.8. The van der Waals surface area contributed by atoms with Crippen molar-refractivity contribution in [1.29, 1.82) is 0 Å². The van der Waals surface area contributed by atoms with Gasteiger partial charge >= 0.3 is 5.97 Å².